The van der Waals surface area contributed by atoms with Gasteiger partial charge < -0.3 is 9.64 Å². The molecule has 0 saturated carbocycles. The quantitative estimate of drug-likeness (QED) is 0.456. The van der Waals surface area contributed by atoms with Crippen molar-refractivity contribution >= 4 is 34.2 Å². The molecule has 0 atom stereocenters. The maximum atomic E-state index is 12.2. The first kappa shape index (κ1) is 13.2. The number of morpholine rings is 1. The second-order valence-corrected chi connectivity index (χ2v) is 4.99. The van der Waals surface area contributed by atoms with Gasteiger partial charge >= 0.3 is 0 Å². The monoisotopic (exact) mass is 362 g/mol. The number of nitro benzene ring substituents is 1. The molecule has 1 aromatic rings. The number of rotatable bonds is 2. The molecule has 6 nitrogen and oxygen atoms in total. The Bertz CT molecular complexity index is 486. The summed E-state index contributed by atoms with van der Waals surface area (Å²) in [5.74, 6) is -0.175. The van der Waals surface area contributed by atoms with Crippen molar-refractivity contribution in [3.63, 3.8) is 0 Å². The van der Waals surface area contributed by atoms with Crippen molar-refractivity contribution in [3.8, 4) is 0 Å². The highest BCUT2D eigenvalue weighted by molar-refractivity contribution is 14.1. The zero-order valence-corrected chi connectivity index (χ0v) is 11.6. The zero-order valence-electron chi connectivity index (χ0n) is 9.47. The van der Waals surface area contributed by atoms with E-state index in [0.717, 1.165) is 3.57 Å². The molecule has 1 fully saturated rings. The second-order valence-electron chi connectivity index (χ2n) is 3.83. The van der Waals surface area contributed by atoms with Crippen molar-refractivity contribution < 1.29 is 14.5 Å². The van der Waals surface area contributed by atoms with Gasteiger partial charge in [0.1, 0.15) is 0 Å². The van der Waals surface area contributed by atoms with Crippen LogP contribution in [0.2, 0.25) is 0 Å². The smallest absolute Gasteiger partial charge is 0.270 e. The molecule has 1 aliphatic rings. The van der Waals surface area contributed by atoms with Gasteiger partial charge in [-0.15, -0.1) is 0 Å². The van der Waals surface area contributed by atoms with E-state index >= 15 is 0 Å². The van der Waals surface area contributed by atoms with E-state index in [9.17, 15) is 14.9 Å². The Labute approximate surface area is 117 Å². The molecule has 0 radical (unpaired) electrons. The number of nitrogens with zero attached hydrogens (tertiary/aromatic N) is 2. The minimum Gasteiger partial charge on any atom is -0.378 e. The van der Waals surface area contributed by atoms with Gasteiger partial charge in [-0.05, 0) is 28.7 Å². The number of carbonyl (C=O) groups excluding carboxylic acids is 1. The zero-order chi connectivity index (χ0) is 13.1. The normalized spacial score (nSPS) is 15.5. The minimum atomic E-state index is -0.494. The summed E-state index contributed by atoms with van der Waals surface area (Å²) in [5, 5.41) is 10.7. The van der Waals surface area contributed by atoms with E-state index in [1.54, 1.807) is 11.0 Å². The van der Waals surface area contributed by atoms with Gasteiger partial charge in [-0.25, -0.2) is 0 Å². The van der Waals surface area contributed by atoms with Gasteiger partial charge in [0, 0.05) is 28.8 Å². The van der Waals surface area contributed by atoms with E-state index < -0.39 is 4.92 Å². The number of ether oxygens (including phenoxy) is 1. The molecule has 1 aromatic carbocycles. The highest BCUT2D eigenvalue weighted by atomic mass is 127. The summed E-state index contributed by atoms with van der Waals surface area (Å²) >= 11 is 2.01. The highest BCUT2D eigenvalue weighted by Crippen LogP contribution is 2.21. The van der Waals surface area contributed by atoms with Crippen LogP contribution in [0.1, 0.15) is 10.4 Å². The summed E-state index contributed by atoms with van der Waals surface area (Å²) in [6, 6.07) is 4.32. The molecule has 1 amide bonds. The minimum absolute atomic E-state index is 0.0629. The average Bonchev–Trinajstić information content (AvgIpc) is 2.39. The molecular weight excluding hydrogens is 351 g/mol. The average molecular weight is 362 g/mol. The summed E-state index contributed by atoms with van der Waals surface area (Å²) in [6.45, 7) is 2.07. The summed E-state index contributed by atoms with van der Waals surface area (Å²) in [6.07, 6.45) is 0. The predicted octanol–water partition coefficient (Wildman–Crippen LogP) is 1.67. The van der Waals surface area contributed by atoms with Crippen LogP contribution in [0, 0.1) is 13.7 Å². The SMILES string of the molecule is O=C(c1cc([N+](=O)[O-])ccc1I)N1CCOCC1. The number of nitro groups is 1. The third-order valence-corrected chi connectivity index (χ3v) is 3.63. The van der Waals surface area contributed by atoms with Gasteiger partial charge in [-0.3, -0.25) is 14.9 Å². The Morgan fingerprint density at radius 3 is 2.67 bits per heavy atom. The Balaban J connectivity index is 2.28. The van der Waals surface area contributed by atoms with E-state index in [1.807, 2.05) is 22.6 Å². The topological polar surface area (TPSA) is 72.7 Å². The van der Waals surface area contributed by atoms with Crippen LogP contribution in [-0.2, 0) is 4.74 Å². The van der Waals surface area contributed by atoms with E-state index in [4.69, 9.17) is 4.74 Å². The molecule has 0 unspecified atom stereocenters. The van der Waals surface area contributed by atoms with Gasteiger partial charge in [0.25, 0.3) is 11.6 Å². The van der Waals surface area contributed by atoms with E-state index in [0.29, 0.717) is 31.9 Å². The molecule has 0 aliphatic carbocycles. The first-order chi connectivity index (χ1) is 8.59. The fourth-order valence-electron chi connectivity index (χ4n) is 1.73. The van der Waals surface area contributed by atoms with Crippen molar-refractivity contribution in [3.05, 3.63) is 37.4 Å². The van der Waals surface area contributed by atoms with Crippen molar-refractivity contribution in [2.75, 3.05) is 26.3 Å². The maximum Gasteiger partial charge on any atom is 0.270 e. The van der Waals surface area contributed by atoms with Crippen LogP contribution in [0.4, 0.5) is 5.69 Å². The van der Waals surface area contributed by atoms with E-state index in [2.05, 4.69) is 0 Å². The lowest BCUT2D eigenvalue weighted by Crippen LogP contribution is -2.41. The molecule has 1 aliphatic heterocycles. The predicted molar refractivity (Wildman–Crippen MR) is 72.5 cm³/mol. The first-order valence-corrected chi connectivity index (χ1v) is 6.48. The molecule has 96 valence electrons. The highest BCUT2D eigenvalue weighted by Gasteiger charge is 2.22. The molecule has 7 heteroatoms. The summed E-state index contributed by atoms with van der Waals surface area (Å²) in [5.41, 5.74) is 0.318. The van der Waals surface area contributed by atoms with Gasteiger partial charge in [0.15, 0.2) is 0 Å². The number of benzene rings is 1. The summed E-state index contributed by atoms with van der Waals surface area (Å²) in [7, 11) is 0. The van der Waals surface area contributed by atoms with Crippen LogP contribution in [0.3, 0.4) is 0 Å². The lowest BCUT2D eigenvalue weighted by molar-refractivity contribution is -0.384. The van der Waals surface area contributed by atoms with Gasteiger partial charge in [-0.1, -0.05) is 0 Å². The first-order valence-electron chi connectivity index (χ1n) is 5.40. The number of carbonyl (C=O) groups is 1. The molecular formula is C11H11IN2O4. The fraction of sp³-hybridized carbons (Fsp3) is 0.364. The van der Waals surface area contributed by atoms with Gasteiger partial charge in [0.05, 0.1) is 23.7 Å². The van der Waals surface area contributed by atoms with Crippen LogP contribution in [0.5, 0.6) is 0 Å². The molecule has 0 spiro atoms. The van der Waals surface area contributed by atoms with Gasteiger partial charge in [-0.2, -0.15) is 0 Å². The number of amides is 1. The van der Waals surface area contributed by atoms with Crippen molar-refractivity contribution in [2.24, 2.45) is 0 Å². The molecule has 0 bridgehead atoms. The molecule has 0 N–H and O–H groups in total. The third kappa shape index (κ3) is 2.78. The fourth-order valence-corrected chi connectivity index (χ4v) is 2.29. The lowest BCUT2D eigenvalue weighted by Gasteiger charge is -2.27. The molecule has 2 rings (SSSR count). The Kier molecular flexibility index (Phi) is 4.12. The van der Waals surface area contributed by atoms with Crippen LogP contribution in [-0.4, -0.2) is 42.0 Å². The summed E-state index contributed by atoms with van der Waals surface area (Å²) in [4.78, 5) is 24.1. The molecule has 18 heavy (non-hydrogen) atoms. The largest absolute Gasteiger partial charge is 0.378 e. The van der Waals surface area contributed by atoms with E-state index in [1.165, 1.54) is 12.1 Å². The van der Waals surface area contributed by atoms with Crippen molar-refractivity contribution in [2.45, 2.75) is 0 Å². The third-order valence-electron chi connectivity index (χ3n) is 2.69. The number of hydrogen-bond donors (Lipinski definition) is 0. The molecule has 0 aromatic heterocycles. The Hall–Kier alpha value is -1.22. The maximum absolute atomic E-state index is 12.2. The standard InChI is InChI=1S/C11H11IN2O4/c12-10-2-1-8(14(16)17)7-9(10)11(15)13-3-5-18-6-4-13/h1-2,7H,3-6H2. The van der Waals surface area contributed by atoms with Crippen LogP contribution < -0.4 is 0 Å². The lowest BCUT2D eigenvalue weighted by atomic mass is 10.1. The van der Waals surface area contributed by atoms with Crippen molar-refractivity contribution in [1.82, 2.24) is 4.90 Å². The Morgan fingerprint density at radius 1 is 1.39 bits per heavy atom. The Morgan fingerprint density at radius 2 is 2.06 bits per heavy atom. The van der Waals surface area contributed by atoms with Crippen LogP contribution >= 0.6 is 22.6 Å². The second kappa shape index (κ2) is 5.61. The molecule has 1 heterocycles. The molecule has 1 saturated heterocycles. The number of hydrogen-bond acceptors (Lipinski definition) is 4. The van der Waals surface area contributed by atoms with Crippen molar-refractivity contribution in [1.29, 1.82) is 0 Å². The van der Waals surface area contributed by atoms with E-state index in [-0.39, 0.29) is 11.6 Å². The number of non-ortho nitro benzene ring substituents is 1. The van der Waals surface area contributed by atoms with Crippen LogP contribution in [0.15, 0.2) is 18.2 Å². The number of halogens is 1. The summed E-state index contributed by atoms with van der Waals surface area (Å²) < 4.78 is 5.89. The van der Waals surface area contributed by atoms with Crippen LogP contribution in [0.25, 0.3) is 0 Å². The van der Waals surface area contributed by atoms with Gasteiger partial charge in [0.2, 0.25) is 0 Å².